The Balaban J connectivity index is 1.91. The first-order valence-corrected chi connectivity index (χ1v) is 10.6. The van der Waals surface area contributed by atoms with Crippen LogP contribution in [-0.4, -0.2) is 20.7 Å². The largest absolute Gasteiger partial charge is 0.325 e. The van der Waals surface area contributed by atoms with Crippen molar-refractivity contribution < 1.29 is 4.79 Å². The fraction of sp³-hybridized carbons (Fsp3) is 0.348. The summed E-state index contributed by atoms with van der Waals surface area (Å²) in [6.07, 6.45) is 0. The van der Waals surface area contributed by atoms with Crippen LogP contribution in [0.2, 0.25) is 0 Å². The normalized spacial score (nSPS) is 12.4. The van der Waals surface area contributed by atoms with Crippen molar-refractivity contribution in [2.24, 2.45) is 0 Å². The third-order valence-electron chi connectivity index (χ3n) is 4.87. The molecule has 1 atom stereocenters. The molecule has 0 fully saturated rings. The van der Waals surface area contributed by atoms with E-state index >= 15 is 0 Å². The summed E-state index contributed by atoms with van der Waals surface area (Å²) in [7, 11) is 0. The summed E-state index contributed by atoms with van der Waals surface area (Å²) < 4.78 is 1.67. The van der Waals surface area contributed by atoms with Crippen LogP contribution in [0, 0.1) is 20.8 Å². The van der Waals surface area contributed by atoms with Crippen LogP contribution in [0.25, 0.3) is 10.9 Å². The van der Waals surface area contributed by atoms with E-state index in [1.807, 2.05) is 59.7 Å². The molecule has 1 amide bonds. The van der Waals surface area contributed by atoms with Gasteiger partial charge >= 0.3 is 0 Å². The second kappa shape index (κ2) is 8.41. The number of amides is 1. The van der Waals surface area contributed by atoms with Gasteiger partial charge in [0.05, 0.1) is 16.2 Å². The number of rotatable bonds is 5. The summed E-state index contributed by atoms with van der Waals surface area (Å²) in [6.45, 7) is 11.8. The maximum atomic E-state index is 13.0. The van der Waals surface area contributed by atoms with E-state index in [4.69, 9.17) is 0 Å². The Morgan fingerprint density at radius 3 is 2.31 bits per heavy atom. The molecule has 3 rings (SSSR count). The van der Waals surface area contributed by atoms with Crippen molar-refractivity contribution in [2.45, 2.75) is 58.0 Å². The fourth-order valence-corrected chi connectivity index (χ4v) is 4.52. The molecule has 0 saturated carbocycles. The van der Waals surface area contributed by atoms with Crippen LogP contribution in [0.3, 0.4) is 0 Å². The number of nitrogens with one attached hydrogen (secondary N) is 1. The highest BCUT2D eigenvalue weighted by atomic mass is 32.2. The number of carbonyl (C=O) groups excluding carboxylic acids is 1. The number of fused-ring (bicyclic) bond motifs is 1. The van der Waals surface area contributed by atoms with E-state index in [0.29, 0.717) is 16.1 Å². The summed E-state index contributed by atoms with van der Waals surface area (Å²) in [5, 5.41) is 3.79. The summed E-state index contributed by atoms with van der Waals surface area (Å²) in [5.74, 6) is -0.109. The van der Waals surface area contributed by atoms with E-state index in [1.165, 1.54) is 17.3 Å². The van der Waals surface area contributed by atoms with Crippen molar-refractivity contribution in [2.75, 3.05) is 5.32 Å². The van der Waals surface area contributed by atoms with Gasteiger partial charge in [0.1, 0.15) is 0 Å². The molecule has 1 heterocycles. The Labute approximate surface area is 175 Å². The Kier molecular flexibility index (Phi) is 6.13. The molecule has 0 radical (unpaired) electrons. The minimum atomic E-state index is -0.409. The molecule has 1 aromatic heterocycles. The van der Waals surface area contributed by atoms with E-state index in [0.717, 1.165) is 16.8 Å². The zero-order valence-electron chi connectivity index (χ0n) is 17.7. The lowest BCUT2D eigenvalue weighted by molar-refractivity contribution is -0.115. The standard InChI is InChI=1S/C23H27N3O2S/c1-13(2)26-22(28)18-9-7-8-10-19(18)24-23(26)29-17(6)21(27)25-20-15(4)11-14(3)12-16(20)5/h7-13,17H,1-6H3,(H,25,27)/t17-/m0/s1. The molecule has 0 aliphatic carbocycles. The molecule has 0 unspecified atom stereocenters. The molecule has 0 bridgehead atoms. The monoisotopic (exact) mass is 409 g/mol. The zero-order valence-corrected chi connectivity index (χ0v) is 18.6. The van der Waals surface area contributed by atoms with Crippen molar-refractivity contribution in [1.29, 1.82) is 0 Å². The summed E-state index contributed by atoms with van der Waals surface area (Å²) >= 11 is 1.31. The van der Waals surface area contributed by atoms with Crippen LogP contribution < -0.4 is 10.9 Å². The number of hydrogen-bond donors (Lipinski definition) is 1. The van der Waals surface area contributed by atoms with Gasteiger partial charge in [-0.25, -0.2) is 4.98 Å². The summed E-state index contributed by atoms with van der Waals surface area (Å²) in [5.41, 5.74) is 4.66. The van der Waals surface area contributed by atoms with Crippen LogP contribution in [0.15, 0.2) is 46.3 Å². The van der Waals surface area contributed by atoms with Gasteiger partial charge in [-0.15, -0.1) is 0 Å². The topological polar surface area (TPSA) is 64.0 Å². The van der Waals surface area contributed by atoms with Gasteiger partial charge in [0.25, 0.3) is 5.56 Å². The lowest BCUT2D eigenvalue weighted by atomic mass is 10.1. The van der Waals surface area contributed by atoms with Crippen molar-refractivity contribution in [1.82, 2.24) is 9.55 Å². The number of thioether (sulfide) groups is 1. The summed E-state index contributed by atoms with van der Waals surface area (Å²) in [6, 6.07) is 11.4. The molecule has 2 aromatic carbocycles. The second-order valence-electron chi connectivity index (χ2n) is 7.70. The highest BCUT2D eigenvalue weighted by Gasteiger charge is 2.21. The number of hydrogen-bond acceptors (Lipinski definition) is 4. The van der Waals surface area contributed by atoms with Gasteiger partial charge in [-0.1, -0.05) is 41.6 Å². The Morgan fingerprint density at radius 2 is 1.69 bits per heavy atom. The second-order valence-corrected chi connectivity index (χ2v) is 9.01. The molecule has 0 aliphatic rings. The molecule has 6 heteroatoms. The Bertz CT molecular complexity index is 1110. The number of para-hydroxylation sites is 1. The van der Waals surface area contributed by atoms with Crippen LogP contribution in [0.5, 0.6) is 0 Å². The zero-order chi connectivity index (χ0) is 21.3. The molecule has 3 aromatic rings. The molecular formula is C23H27N3O2S. The van der Waals surface area contributed by atoms with Gasteiger partial charge in [0, 0.05) is 11.7 Å². The van der Waals surface area contributed by atoms with Crippen LogP contribution >= 0.6 is 11.8 Å². The first-order chi connectivity index (χ1) is 13.7. The Hall–Kier alpha value is -2.60. The highest BCUT2D eigenvalue weighted by Crippen LogP contribution is 2.27. The van der Waals surface area contributed by atoms with Crippen LogP contribution in [-0.2, 0) is 4.79 Å². The van der Waals surface area contributed by atoms with E-state index in [2.05, 4.69) is 22.4 Å². The lowest BCUT2D eigenvalue weighted by Gasteiger charge is -2.19. The van der Waals surface area contributed by atoms with E-state index < -0.39 is 5.25 Å². The minimum absolute atomic E-state index is 0.0565. The number of aromatic nitrogens is 2. The third-order valence-corrected chi connectivity index (χ3v) is 5.93. The molecule has 0 saturated heterocycles. The van der Waals surface area contributed by atoms with Gasteiger partial charge < -0.3 is 5.32 Å². The first-order valence-electron chi connectivity index (χ1n) is 9.75. The number of nitrogens with zero attached hydrogens (tertiary/aromatic N) is 2. The third kappa shape index (κ3) is 4.37. The maximum Gasteiger partial charge on any atom is 0.262 e. The van der Waals surface area contributed by atoms with Gasteiger partial charge in [0.2, 0.25) is 5.91 Å². The quantitative estimate of drug-likeness (QED) is 0.475. The molecule has 0 aliphatic heterocycles. The van der Waals surface area contributed by atoms with Gasteiger partial charge in [-0.2, -0.15) is 0 Å². The number of benzene rings is 2. The molecule has 5 nitrogen and oxygen atoms in total. The van der Waals surface area contributed by atoms with E-state index in [9.17, 15) is 9.59 Å². The highest BCUT2D eigenvalue weighted by molar-refractivity contribution is 8.00. The van der Waals surface area contributed by atoms with E-state index in [-0.39, 0.29) is 17.5 Å². The average Bonchev–Trinajstić information content (AvgIpc) is 2.64. The predicted octanol–water partition coefficient (Wildman–Crippen LogP) is 5.02. The minimum Gasteiger partial charge on any atom is -0.325 e. The average molecular weight is 410 g/mol. The number of aryl methyl sites for hydroxylation is 3. The summed E-state index contributed by atoms with van der Waals surface area (Å²) in [4.78, 5) is 30.5. The van der Waals surface area contributed by atoms with E-state index in [1.54, 1.807) is 10.6 Å². The number of anilines is 1. The molecule has 0 spiro atoms. The fourth-order valence-electron chi connectivity index (χ4n) is 3.48. The molecule has 1 N–H and O–H groups in total. The van der Waals surface area contributed by atoms with Crippen LogP contribution in [0.1, 0.15) is 43.5 Å². The van der Waals surface area contributed by atoms with Crippen molar-refractivity contribution >= 4 is 34.3 Å². The van der Waals surface area contributed by atoms with Crippen molar-refractivity contribution in [3.05, 3.63) is 63.4 Å². The smallest absolute Gasteiger partial charge is 0.262 e. The molecule has 152 valence electrons. The van der Waals surface area contributed by atoms with Crippen LogP contribution in [0.4, 0.5) is 5.69 Å². The number of carbonyl (C=O) groups is 1. The van der Waals surface area contributed by atoms with Gasteiger partial charge in [0.15, 0.2) is 5.16 Å². The molecular weight excluding hydrogens is 382 g/mol. The SMILES string of the molecule is Cc1cc(C)c(NC(=O)[C@H](C)Sc2nc3ccccc3c(=O)n2C(C)C)c(C)c1. The van der Waals surface area contributed by atoms with Gasteiger partial charge in [-0.05, 0) is 64.8 Å². The predicted molar refractivity (Wildman–Crippen MR) is 121 cm³/mol. The van der Waals surface area contributed by atoms with Crippen molar-refractivity contribution in [3.8, 4) is 0 Å². The van der Waals surface area contributed by atoms with Gasteiger partial charge in [-0.3, -0.25) is 14.2 Å². The first kappa shape index (κ1) is 21.1. The molecule has 29 heavy (non-hydrogen) atoms. The lowest BCUT2D eigenvalue weighted by Crippen LogP contribution is -2.28. The van der Waals surface area contributed by atoms with Crippen molar-refractivity contribution in [3.63, 3.8) is 0 Å². The maximum absolute atomic E-state index is 13.0. The Morgan fingerprint density at radius 1 is 1.07 bits per heavy atom.